The Bertz CT molecular complexity index is 636. The van der Waals surface area contributed by atoms with E-state index in [0.29, 0.717) is 29.3 Å². The highest BCUT2D eigenvalue weighted by molar-refractivity contribution is 8.04. The van der Waals surface area contributed by atoms with E-state index >= 15 is 0 Å². The minimum atomic E-state index is -0.0387. The van der Waals surface area contributed by atoms with Crippen LogP contribution in [0.1, 0.15) is 78.6 Å². The van der Waals surface area contributed by atoms with Crippen molar-refractivity contribution in [2.75, 3.05) is 5.75 Å². The first-order valence-electron chi connectivity index (χ1n) is 10.3. The summed E-state index contributed by atoms with van der Waals surface area (Å²) >= 11 is 1.82. The van der Waals surface area contributed by atoms with Gasteiger partial charge in [0.2, 0.25) is 0 Å². The fourth-order valence-electron chi connectivity index (χ4n) is 6.81. The van der Waals surface area contributed by atoms with Crippen LogP contribution in [0.4, 0.5) is 0 Å². The van der Waals surface area contributed by atoms with E-state index in [1.807, 2.05) is 11.8 Å². The first kappa shape index (κ1) is 17.8. The molecule has 4 aliphatic rings. The number of hydrogen-bond acceptors (Lipinski definition) is 3. The van der Waals surface area contributed by atoms with Crippen LogP contribution in [-0.4, -0.2) is 17.3 Å². The minimum absolute atomic E-state index is 0.0387. The number of fused-ring (bicyclic) bond motifs is 5. The second-order valence-corrected chi connectivity index (χ2v) is 10.4. The van der Waals surface area contributed by atoms with Crippen LogP contribution in [0.25, 0.3) is 0 Å². The Labute approximate surface area is 156 Å². The molecular formula is C22H32O2S. The van der Waals surface area contributed by atoms with Gasteiger partial charge in [-0.15, -0.1) is 11.8 Å². The molecule has 0 amide bonds. The molecule has 0 spiro atoms. The lowest BCUT2D eigenvalue weighted by Crippen LogP contribution is -2.51. The van der Waals surface area contributed by atoms with Gasteiger partial charge in [-0.05, 0) is 79.4 Å². The molecule has 3 fully saturated rings. The summed E-state index contributed by atoms with van der Waals surface area (Å²) in [5.74, 6) is 3.97. The van der Waals surface area contributed by atoms with Crippen molar-refractivity contribution in [3.05, 3.63) is 10.5 Å². The molecule has 0 unspecified atom stereocenters. The Balaban J connectivity index is 1.69. The highest BCUT2D eigenvalue weighted by Crippen LogP contribution is 2.65. The Hall–Kier alpha value is -0.570. The van der Waals surface area contributed by atoms with Crippen LogP contribution >= 0.6 is 11.8 Å². The van der Waals surface area contributed by atoms with Gasteiger partial charge in [-0.1, -0.05) is 20.8 Å². The van der Waals surface area contributed by atoms with Crippen LogP contribution < -0.4 is 0 Å². The van der Waals surface area contributed by atoms with Crippen molar-refractivity contribution in [1.29, 1.82) is 0 Å². The average Bonchev–Trinajstić information content (AvgIpc) is 2.90. The van der Waals surface area contributed by atoms with Gasteiger partial charge >= 0.3 is 0 Å². The number of allylic oxidation sites excluding steroid dienone is 1. The SMILES string of the molecule is CCCSC1=C2CC[C@@H]3[C@H](CC[C@]4(C)C(=O)CC[C@@H]34)[C@@]2(C)CCC1=O. The summed E-state index contributed by atoms with van der Waals surface area (Å²) in [5.41, 5.74) is 1.67. The van der Waals surface area contributed by atoms with Gasteiger partial charge < -0.3 is 0 Å². The van der Waals surface area contributed by atoms with Crippen molar-refractivity contribution >= 4 is 23.3 Å². The predicted molar refractivity (Wildman–Crippen MR) is 103 cm³/mol. The van der Waals surface area contributed by atoms with Gasteiger partial charge in [0.15, 0.2) is 5.78 Å². The van der Waals surface area contributed by atoms with Crippen LogP contribution in [0.15, 0.2) is 10.5 Å². The summed E-state index contributed by atoms with van der Waals surface area (Å²) in [5, 5.41) is 0. The van der Waals surface area contributed by atoms with Gasteiger partial charge in [-0.2, -0.15) is 0 Å². The standard InChI is InChI=1S/C22H32O2S/c1-4-13-25-20-17-6-5-14-15-7-8-19(24)22(15,3)11-9-16(14)21(17,2)12-10-18(20)23/h14-16H,4-13H2,1-3H3/t14-,15-,16-,21+,22-/m0/s1. The molecule has 3 heteroatoms. The van der Waals surface area contributed by atoms with Crippen LogP contribution in [-0.2, 0) is 9.59 Å². The van der Waals surface area contributed by atoms with Gasteiger partial charge in [-0.3, -0.25) is 9.59 Å². The van der Waals surface area contributed by atoms with Crippen LogP contribution in [0.3, 0.4) is 0 Å². The molecule has 0 aromatic heterocycles. The molecule has 5 atom stereocenters. The maximum atomic E-state index is 12.6. The molecule has 0 bridgehead atoms. The first-order valence-corrected chi connectivity index (χ1v) is 11.3. The van der Waals surface area contributed by atoms with Crippen molar-refractivity contribution < 1.29 is 9.59 Å². The van der Waals surface area contributed by atoms with E-state index in [1.165, 1.54) is 18.4 Å². The fraction of sp³-hybridized carbons (Fsp3) is 0.818. The maximum Gasteiger partial charge on any atom is 0.169 e. The topological polar surface area (TPSA) is 34.1 Å². The van der Waals surface area contributed by atoms with E-state index < -0.39 is 0 Å². The van der Waals surface area contributed by atoms with E-state index in [0.717, 1.165) is 55.6 Å². The lowest BCUT2D eigenvalue weighted by molar-refractivity contribution is -0.132. The van der Waals surface area contributed by atoms with Crippen LogP contribution in [0.5, 0.6) is 0 Å². The lowest BCUT2D eigenvalue weighted by Gasteiger charge is -2.57. The van der Waals surface area contributed by atoms with Gasteiger partial charge in [0.05, 0.1) is 4.91 Å². The number of carbonyl (C=O) groups is 2. The molecule has 2 nitrogen and oxygen atoms in total. The highest BCUT2D eigenvalue weighted by Gasteiger charge is 2.59. The van der Waals surface area contributed by atoms with Gasteiger partial charge in [0.1, 0.15) is 5.78 Å². The second kappa shape index (κ2) is 6.25. The molecule has 0 N–H and O–H groups in total. The van der Waals surface area contributed by atoms with E-state index in [4.69, 9.17) is 0 Å². The van der Waals surface area contributed by atoms with E-state index in [-0.39, 0.29) is 10.8 Å². The third-order valence-corrected chi connectivity index (χ3v) is 9.61. The summed E-state index contributed by atoms with van der Waals surface area (Å²) in [6.07, 6.45) is 9.37. The zero-order valence-electron chi connectivity index (χ0n) is 16.0. The molecule has 0 saturated heterocycles. The van der Waals surface area contributed by atoms with Crippen molar-refractivity contribution in [3.63, 3.8) is 0 Å². The highest BCUT2D eigenvalue weighted by atomic mass is 32.2. The summed E-state index contributed by atoms with van der Waals surface area (Å²) in [4.78, 5) is 26.3. The third kappa shape index (κ3) is 2.51. The minimum Gasteiger partial charge on any atom is -0.299 e. The monoisotopic (exact) mass is 360 g/mol. The van der Waals surface area contributed by atoms with E-state index in [1.54, 1.807) is 0 Å². The average molecular weight is 361 g/mol. The summed E-state index contributed by atoms with van der Waals surface area (Å²) in [7, 11) is 0. The largest absolute Gasteiger partial charge is 0.299 e. The Morgan fingerprint density at radius 3 is 2.48 bits per heavy atom. The molecular weight excluding hydrogens is 328 g/mol. The molecule has 3 saturated carbocycles. The molecule has 4 rings (SSSR count). The first-order chi connectivity index (χ1) is 11.9. The van der Waals surface area contributed by atoms with Crippen LogP contribution in [0.2, 0.25) is 0 Å². The van der Waals surface area contributed by atoms with Crippen LogP contribution in [0, 0.1) is 28.6 Å². The van der Waals surface area contributed by atoms with Crippen molar-refractivity contribution in [2.45, 2.75) is 78.6 Å². The number of carbonyl (C=O) groups excluding carboxylic acids is 2. The van der Waals surface area contributed by atoms with Crippen molar-refractivity contribution in [2.24, 2.45) is 28.6 Å². The van der Waals surface area contributed by atoms with Crippen molar-refractivity contribution in [3.8, 4) is 0 Å². The molecule has 0 aliphatic heterocycles. The van der Waals surface area contributed by atoms with E-state index in [2.05, 4.69) is 20.8 Å². The molecule has 0 aromatic rings. The lowest BCUT2D eigenvalue weighted by atomic mass is 9.47. The molecule has 0 heterocycles. The molecule has 138 valence electrons. The Kier molecular flexibility index (Phi) is 4.46. The van der Waals surface area contributed by atoms with Gasteiger partial charge in [0.25, 0.3) is 0 Å². The number of Topliss-reactive ketones (excluding diaryl/α,β-unsaturated/α-hetero) is 2. The molecule has 0 radical (unpaired) electrons. The smallest absolute Gasteiger partial charge is 0.169 e. The Morgan fingerprint density at radius 1 is 0.960 bits per heavy atom. The molecule has 4 aliphatic carbocycles. The second-order valence-electron chi connectivity index (χ2n) is 9.33. The van der Waals surface area contributed by atoms with Gasteiger partial charge in [-0.25, -0.2) is 0 Å². The number of rotatable bonds is 3. The van der Waals surface area contributed by atoms with Gasteiger partial charge in [0, 0.05) is 18.3 Å². The number of hydrogen-bond donors (Lipinski definition) is 0. The zero-order valence-corrected chi connectivity index (χ0v) is 16.8. The maximum absolute atomic E-state index is 12.6. The number of thioether (sulfide) groups is 1. The number of ketones is 2. The summed E-state index contributed by atoms with van der Waals surface area (Å²) < 4.78 is 0. The zero-order chi connectivity index (χ0) is 17.8. The third-order valence-electron chi connectivity index (χ3n) is 8.23. The molecule has 0 aromatic carbocycles. The van der Waals surface area contributed by atoms with Crippen molar-refractivity contribution in [1.82, 2.24) is 0 Å². The fourth-order valence-corrected chi connectivity index (χ4v) is 7.99. The summed E-state index contributed by atoms with van der Waals surface area (Å²) in [6, 6.07) is 0. The normalized spacial score (nSPS) is 43.7. The Morgan fingerprint density at radius 2 is 1.72 bits per heavy atom. The quantitative estimate of drug-likeness (QED) is 0.661. The van der Waals surface area contributed by atoms with E-state index in [9.17, 15) is 9.59 Å². The molecule has 25 heavy (non-hydrogen) atoms. The summed E-state index contributed by atoms with van der Waals surface area (Å²) in [6.45, 7) is 6.90. The predicted octanol–water partition coefficient (Wildman–Crippen LogP) is 5.56.